The number of hydrogen-bond acceptors (Lipinski definition) is 5. The topological polar surface area (TPSA) is 70.2 Å². The predicted octanol–water partition coefficient (Wildman–Crippen LogP) is 4.08. The molecule has 0 saturated carbocycles. The van der Waals surface area contributed by atoms with E-state index >= 15 is 0 Å². The van der Waals surface area contributed by atoms with Gasteiger partial charge >= 0.3 is 0 Å². The molecule has 0 atom stereocenters. The summed E-state index contributed by atoms with van der Waals surface area (Å²) in [4.78, 5) is 23.1. The Morgan fingerprint density at radius 3 is 2.34 bits per heavy atom. The number of anilines is 3. The van der Waals surface area contributed by atoms with E-state index in [4.69, 9.17) is 0 Å². The maximum Gasteiger partial charge on any atom is 0.275 e. The maximum absolute atomic E-state index is 12.9. The van der Waals surface area contributed by atoms with E-state index in [1.807, 2.05) is 24.3 Å². The Labute approximate surface area is 168 Å². The molecule has 1 amide bonds. The van der Waals surface area contributed by atoms with Crippen molar-refractivity contribution in [3.63, 3.8) is 0 Å². The molecule has 148 valence electrons. The fraction of sp³-hybridized carbons (Fsp3) is 0.227. The normalized spacial score (nSPS) is 13.3. The van der Waals surface area contributed by atoms with Gasteiger partial charge in [0.05, 0.1) is 12.4 Å². The Kier molecular flexibility index (Phi) is 5.65. The molecule has 0 radical (unpaired) electrons. The number of aromatic nitrogens is 2. The summed E-state index contributed by atoms with van der Waals surface area (Å²) in [5.74, 6) is -0.0352. The van der Waals surface area contributed by atoms with Crippen LogP contribution in [0.15, 0.2) is 60.9 Å². The molecule has 7 heteroatoms. The summed E-state index contributed by atoms with van der Waals surface area (Å²) in [7, 11) is 0. The van der Waals surface area contributed by atoms with Crippen LogP contribution in [-0.4, -0.2) is 29.0 Å². The van der Waals surface area contributed by atoms with Gasteiger partial charge in [0.25, 0.3) is 5.91 Å². The summed E-state index contributed by atoms with van der Waals surface area (Å²) >= 11 is 0. The molecule has 2 heterocycles. The minimum Gasteiger partial charge on any atom is -0.372 e. The summed E-state index contributed by atoms with van der Waals surface area (Å²) in [6.07, 6.45) is 5.40. The van der Waals surface area contributed by atoms with Gasteiger partial charge in [0.15, 0.2) is 0 Å². The molecule has 0 unspecified atom stereocenters. The first-order chi connectivity index (χ1) is 14.2. The Morgan fingerprint density at radius 1 is 0.966 bits per heavy atom. The molecule has 29 heavy (non-hydrogen) atoms. The van der Waals surface area contributed by atoms with Crippen LogP contribution in [0, 0.1) is 5.82 Å². The molecule has 0 aliphatic carbocycles. The molecule has 1 aliphatic heterocycles. The van der Waals surface area contributed by atoms with Crippen molar-refractivity contribution in [2.75, 3.05) is 28.6 Å². The lowest BCUT2D eigenvalue weighted by atomic mass is 10.2. The first kappa shape index (κ1) is 18.9. The minimum atomic E-state index is -0.309. The van der Waals surface area contributed by atoms with Gasteiger partial charge in [-0.2, -0.15) is 0 Å². The van der Waals surface area contributed by atoms with Gasteiger partial charge in [0.1, 0.15) is 17.3 Å². The minimum absolute atomic E-state index is 0.237. The van der Waals surface area contributed by atoms with Crippen molar-refractivity contribution in [2.24, 2.45) is 0 Å². The first-order valence-electron chi connectivity index (χ1n) is 9.64. The zero-order valence-corrected chi connectivity index (χ0v) is 15.9. The molecule has 4 rings (SSSR count). The van der Waals surface area contributed by atoms with Crippen LogP contribution in [0.4, 0.5) is 21.6 Å². The number of nitrogens with one attached hydrogen (secondary N) is 2. The van der Waals surface area contributed by atoms with Gasteiger partial charge in [-0.15, -0.1) is 0 Å². The average Bonchev–Trinajstić information content (AvgIpc) is 3.29. The van der Waals surface area contributed by atoms with Gasteiger partial charge in [0, 0.05) is 31.0 Å². The highest BCUT2D eigenvalue weighted by Gasteiger charge is 2.13. The summed E-state index contributed by atoms with van der Waals surface area (Å²) in [5, 5.41) is 5.94. The second-order valence-electron chi connectivity index (χ2n) is 6.96. The Hall–Kier alpha value is -3.48. The summed E-state index contributed by atoms with van der Waals surface area (Å²) < 4.78 is 12.9. The standard InChI is InChI=1S/C22H22FN5O/c23-17-5-3-16(4-6-17)13-25-21-15-24-20(14-26-21)22(29)27-18-7-9-19(10-8-18)28-11-1-2-12-28/h3-10,14-15H,1-2,11-13H2,(H,25,26)(H,27,29). The largest absolute Gasteiger partial charge is 0.372 e. The number of nitrogens with zero attached hydrogens (tertiary/aromatic N) is 3. The van der Waals surface area contributed by atoms with Gasteiger partial charge in [-0.3, -0.25) is 4.79 Å². The van der Waals surface area contributed by atoms with E-state index in [-0.39, 0.29) is 17.4 Å². The van der Waals surface area contributed by atoms with E-state index in [1.165, 1.54) is 43.1 Å². The number of amides is 1. The van der Waals surface area contributed by atoms with Crippen molar-refractivity contribution >= 4 is 23.1 Å². The van der Waals surface area contributed by atoms with Crippen LogP contribution >= 0.6 is 0 Å². The van der Waals surface area contributed by atoms with Gasteiger partial charge < -0.3 is 15.5 Å². The van der Waals surface area contributed by atoms with E-state index in [1.54, 1.807) is 12.1 Å². The van der Waals surface area contributed by atoms with Crippen LogP contribution in [0.25, 0.3) is 0 Å². The van der Waals surface area contributed by atoms with Crippen molar-refractivity contribution < 1.29 is 9.18 Å². The second-order valence-corrected chi connectivity index (χ2v) is 6.96. The zero-order valence-electron chi connectivity index (χ0n) is 15.9. The molecular weight excluding hydrogens is 369 g/mol. The molecular formula is C22H22FN5O. The third-order valence-electron chi connectivity index (χ3n) is 4.87. The highest BCUT2D eigenvalue weighted by molar-refractivity contribution is 6.02. The van der Waals surface area contributed by atoms with E-state index in [9.17, 15) is 9.18 Å². The molecule has 0 spiro atoms. The van der Waals surface area contributed by atoms with E-state index in [0.29, 0.717) is 12.4 Å². The number of rotatable bonds is 6. The number of carbonyl (C=O) groups excluding carboxylic acids is 1. The number of hydrogen-bond donors (Lipinski definition) is 2. The van der Waals surface area contributed by atoms with Gasteiger partial charge in [-0.25, -0.2) is 14.4 Å². The van der Waals surface area contributed by atoms with Crippen LogP contribution < -0.4 is 15.5 Å². The highest BCUT2D eigenvalue weighted by atomic mass is 19.1. The van der Waals surface area contributed by atoms with Crippen molar-refractivity contribution in [3.05, 3.63) is 78.0 Å². The lowest BCUT2D eigenvalue weighted by molar-refractivity contribution is 0.102. The first-order valence-corrected chi connectivity index (χ1v) is 9.64. The molecule has 1 fully saturated rings. The van der Waals surface area contributed by atoms with Crippen LogP contribution in [0.2, 0.25) is 0 Å². The van der Waals surface area contributed by atoms with Crippen LogP contribution in [-0.2, 0) is 6.54 Å². The van der Waals surface area contributed by atoms with Crippen LogP contribution in [0.5, 0.6) is 0 Å². The molecule has 1 aliphatic rings. The van der Waals surface area contributed by atoms with Crippen molar-refractivity contribution in [1.29, 1.82) is 0 Å². The average molecular weight is 391 g/mol. The van der Waals surface area contributed by atoms with Crippen molar-refractivity contribution in [2.45, 2.75) is 19.4 Å². The lowest BCUT2D eigenvalue weighted by Crippen LogP contribution is -2.18. The molecule has 6 nitrogen and oxygen atoms in total. The fourth-order valence-corrected chi connectivity index (χ4v) is 3.26. The number of benzene rings is 2. The lowest BCUT2D eigenvalue weighted by Gasteiger charge is -2.17. The Morgan fingerprint density at radius 2 is 1.69 bits per heavy atom. The van der Waals surface area contributed by atoms with Crippen LogP contribution in [0.3, 0.4) is 0 Å². The molecule has 2 aromatic carbocycles. The maximum atomic E-state index is 12.9. The predicted molar refractivity (Wildman–Crippen MR) is 112 cm³/mol. The highest BCUT2D eigenvalue weighted by Crippen LogP contribution is 2.22. The third kappa shape index (κ3) is 4.87. The van der Waals surface area contributed by atoms with Gasteiger partial charge in [0.2, 0.25) is 0 Å². The molecule has 3 aromatic rings. The van der Waals surface area contributed by atoms with E-state index < -0.39 is 0 Å². The summed E-state index contributed by atoms with van der Waals surface area (Å²) in [6.45, 7) is 2.66. The Bertz CT molecular complexity index is 952. The van der Waals surface area contributed by atoms with Crippen molar-refractivity contribution in [1.82, 2.24) is 9.97 Å². The summed E-state index contributed by atoms with van der Waals surface area (Å²) in [5.41, 5.74) is 3.06. The smallest absolute Gasteiger partial charge is 0.275 e. The Balaban J connectivity index is 1.32. The SMILES string of the molecule is O=C(Nc1ccc(N2CCCC2)cc1)c1cnc(NCc2ccc(F)cc2)cn1. The van der Waals surface area contributed by atoms with E-state index in [0.717, 1.165) is 24.3 Å². The third-order valence-corrected chi connectivity index (χ3v) is 4.87. The van der Waals surface area contributed by atoms with Gasteiger partial charge in [-0.05, 0) is 54.8 Å². The van der Waals surface area contributed by atoms with Gasteiger partial charge in [-0.1, -0.05) is 12.1 Å². The van der Waals surface area contributed by atoms with Crippen LogP contribution in [0.1, 0.15) is 28.9 Å². The number of halogens is 1. The quantitative estimate of drug-likeness (QED) is 0.663. The molecule has 1 saturated heterocycles. The summed E-state index contributed by atoms with van der Waals surface area (Å²) in [6, 6.07) is 14.1. The molecule has 2 N–H and O–H groups in total. The molecule has 0 bridgehead atoms. The second kappa shape index (κ2) is 8.68. The monoisotopic (exact) mass is 391 g/mol. The molecule has 1 aromatic heterocycles. The van der Waals surface area contributed by atoms with Crippen molar-refractivity contribution in [3.8, 4) is 0 Å². The number of carbonyl (C=O) groups is 1. The fourth-order valence-electron chi connectivity index (χ4n) is 3.26. The zero-order chi connectivity index (χ0) is 20.1. The van der Waals surface area contributed by atoms with E-state index in [2.05, 4.69) is 25.5 Å².